The van der Waals surface area contributed by atoms with E-state index in [9.17, 15) is 25.0 Å². The smallest absolute Gasteiger partial charge is 0.345 e. The number of fused-ring (bicyclic) bond motifs is 2. The Kier molecular flexibility index (Phi) is 3.54. The average Bonchev–Trinajstić information content (AvgIpc) is 2.68. The van der Waals surface area contributed by atoms with Crippen LogP contribution < -0.4 is 4.74 Å². The van der Waals surface area contributed by atoms with E-state index in [0.717, 1.165) is 0 Å². The molecule has 1 aromatic carbocycles. The summed E-state index contributed by atoms with van der Waals surface area (Å²) in [5.74, 6) is -1.73. The summed E-state index contributed by atoms with van der Waals surface area (Å²) < 4.78 is 5.26. The van der Waals surface area contributed by atoms with Crippen molar-refractivity contribution in [3.8, 4) is 5.75 Å². The number of para-hydroxylation sites is 1. The quantitative estimate of drug-likeness (QED) is 0.617. The van der Waals surface area contributed by atoms with Crippen LogP contribution in [0.25, 0.3) is 0 Å². The summed E-state index contributed by atoms with van der Waals surface area (Å²) in [5, 5.41) is 23.3. The predicted octanol–water partition coefficient (Wildman–Crippen LogP) is 1.82. The summed E-state index contributed by atoms with van der Waals surface area (Å²) in [7, 11) is 1.44. The van der Waals surface area contributed by atoms with Crippen molar-refractivity contribution in [3.05, 3.63) is 50.1 Å². The van der Waals surface area contributed by atoms with Crippen molar-refractivity contribution in [1.29, 1.82) is 0 Å². The number of carbonyl (C=O) groups is 1. The van der Waals surface area contributed by atoms with Crippen LogP contribution in [0.15, 0.2) is 24.3 Å². The topological polar surface area (TPSA) is 113 Å². The molecule has 8 nitrogen and oxygen atoms in total. The lowest BCUT2D eigenvalue weighted by Crippen LogP contribution is -2.55. The van der Waals surface area contributed by atoms with Gasteiger partial charge in [-0.25, -0.2) is 0 Å². The highest BCUT2D eigenvalue weighted by atomic mass is 16.6. The maximum atomic E-state index is 12.7. The Balaban J connectivity index is 2.22. The van der Waals surface area contributed by atoms with E-state index in [4.69, 9.17) is 4.74 Å². The minimum atomic E-state index is -2.11. The molecule has 1 aromatic rings. The molecule has 0 amide bonds. The van der Waals surface area contributed by atoms with Crippen LogP contribution in [0.3, 0.4) is 0 Å². The van der Waals surface area contributed by atoms with E-state index in [1.54, 1.807) is 24.3 Å². The third-order valence-electron chi connectivity index (χ3n) is 5.15. The van der Waals surface area contributed by atoms with Gasteiger partial charge in [-0.05, 0) is 18.9 Å². The number of methoxy groups -OCH3 is 1. The van der Waals surface area contributed by atoms with Crippen LogP contribution in [-0.2, 0) is 4.79 Å². The Bertz CT molecular complexity index is 690. The molecule has 8 heteroatoms. The minimum Gasteiger partial charge on any atom is -0.496 e. The highest BCUT2D eigenvalue weighted by molar-refractivity contribution is 5.94. The van der Waals surface area contributed by atoms with E-state index in [0.29, 0.717) is 24.2 Å². The maximum absolute atomic E-state index is 12.7. The van der Waals surface area contributed by atoms with Gasteiger partial charge in [0.2, 0.25) is 5.78 Å². The molecule has 23 heavy (non-hydrogen) atoms. The first-order valence-electron chi connectivity index (χ1n) is 7.40. The number of benzene rings is 1. The van der Waals surface area contributed by atoms with Crippen molar-refractivity contribution < 1.29 is 19.4 Å². The molecule has 0 radical (unpaired) electrons. The molecule has 2 aliphatic rings. The molecule has 0 saturated heterocycles. The second-order valence-corrected chi connectivity index (χ2v) is 6.04. The highest BCUT2D eigenvalue weighted by Gasteiger charge is 2.76. The first-order chi connectivity index (χ1) is 10.9. The SMILES string of the molecule is COc1ccccc1[C@H]1C([N+](=O)[O-])[C@@]2([N+](=O)[O-])CCC[C@H]1C2=O. The number of rotatable bonds is 4. The van der Waals surface area contributed by atoms with Crippen molar-refractivity contribution in [2.75, 3.05) is 7.11 Å². The number of carbonyl (C=O) groups excluding carboxylic acids is 1. The van der Waals surface area contributed by atoms with Gasteiger partial charge < -0.3 is 4.74 Å². The van der Waals surface area contributed by atoms with Gasteiger partial charge in [-0.1, -0.05) is 18.2 Å². The maximum Gasteiger partial charge on any atom is 0.345 e. The zero-order chi connectivity index (χ0) is 16.8. The zero-order valence-corrected chi connectivity index (χ0v) is 12.5. The lowest BCUT2D eigenvalue weighted by molar-refractivity contribution is -0.637. The van der Waals surface area contributed by atoms with Gasteiger partial charge in [0.1, 0.15) is 5.75 Å². The van der Waals surface area contributed by atoms with Crippen LogP contribution in [-0.4, -0.2) is 34.3 Å². The first-order valence-corrected chi connectivity index (χ1v) is 7.40. The fraction of sp³-hybridized carbons (Fsp3) is 0.533. The van der Waals surface area contributed by atoms with Gasteiger partial charge in [0.15, 0.2) is 0 Å². The summed E-state index contributed by atoms with van der Waals surface area (Å²) in [6.07, 6.45) is 0.793. The molecule has 0 aliphatic heterocycles. The van der Waals surface area contributed by atoms with Crippen LogP contribution in [0, 0.1) is 26.1 Å². The summed E-state index contributed by atoms with van der Waals surface area (Å²) in [5.41, 5.74) is -1.61. The minimum absolute atomic E-state index is 0.0768. The molecule has 0 heterocycles. The number of hydrogen-bond acceptors (Lipinski definition) is 6. The van der Waals surface area contributed by atoms with E-state index < -0.39 is 39.0 Å². The molecular formula is C15H16N2O6. The largest absolute Gasteiger partial charge is 0.496 e. The Labute approximate surface area is 131 Å². The number of nitro groups is 2. The standard InChI is InChI=1S/C15H16N2O6/c1-23-11-7-3-2-5-9(11)12-10-6-4-8-15(14(10)18,17(21)22)13(12)16(19)20/h2-3,5,7,10,12-13H,4,6,8H2,1H3/t10-,12-,13?,15+/m1/s1. The monoisotopic (exact) mass is 320 g/mol. The molecule has 0 aromatic heterocycles. The van der Waals surface area contributed by atoms with Crippen molar-refractivity contribution in [2.45, 2.75) is 36.8 Å². The van der Waals surface area contributed by atoms with Crippen LogP contribution in [0.4, 0.5) is 0 Å². The predicted molar refractivity (Wildman–Crippen MR) is 78.6 cm³/mol. The second-order valence-electron chi connectivity index (χ2n) is 6.04. The van der Waals surface area contributed by atoms with E-state index in [2.05, 4.69) is 0 Å². The Morgan fingerprint density at radius 2 is 1.96 bits per heavy atom. The van der Waals surface area contributed by atoms with Gasteiger partial charge in [-0.2, -0.15) is 0 Å². The third kappa shape index (κ3) is 1.94. The normalized spacial score (nSPS) is 32.6. The summed E-state index contributed by atoms with van der Waals surface area (Å²) in [6.45, 7) is 0. The molecule has 4 atom stereocenters. The Hall–Kier alpha value is -2.51. The molecule has 0 N–H and O–H groups in total. The fourth-order valence-corrected chi connectivity index (χ4v) is 4.24. The lowest BCUT2D eigenvalue weighted by Gasteiger charge is -2.23. The Morgan fingerprint density at radius 1 is 1.26 bits per heavy atom. The molecule has 2 saturated carbocycles. The molecular weight excluding hydrogens is 304 g/mol. The summed E-state index contributed by atoms with van der Waals surface area (Å²) in [4.78, 5) is 34.6. The number of ether oxygens (including phenoxy) is 1. The van der Waals surface area contributed by atoms with Crippen LogP contribution in [0.5, 0.6) is 5.75 Å². The highest BCUT2D eigenvalue weighted by Crippen LogP contribution is 2.54. The average molecular weight is 320 g/mol. The number of ketones is 1. The van der Waals surface area contributed by atoms with E-state index in [1.807, 2.05) is 0 Å². The van der Waals surface area contributed by atoms with Gasteiger partial charge in [-0.3, -0.25) is 25.0 Å². The zero-order valence-electron chi connectivity index (χ0n) is 12.5. The molecule has 1 unspecified atom stereocenters. The lowest BCUT2D eigenvalue weighted by atomic mass is 9.80. The van der Waals surface area contributed by atoms with Gasteiger partial charge in [-0.15, -0.1) is 0 Å². The number of Topliss-reactive ketones (excluding diaryl/α,β-unsaturated/α-hetero) is 1. The van der Waals surface area contributed by atoms with E-state index >= 15 is 0 Å². The number of hydrogen-bond donors (Lipinski definition) is 0. The molecule has 2 aliphatic carbocycles. The summed E-state index contributed by atoms with van der Waals surface area (Å²) >= 11 is 0. The van der Waals surface area contributed by atoms with Crippen molar-refractivity contribution >= 4 is 5.78 Å². The fourth-order valence-electron chi connectivity index (χ4n) is 4.24. The number of nitrogens with zero attached hydrogens (tertiary/aromatic N) is 2. The van der Waals surface area contributed by atoms with Gasteiger partial charge in [0.25, 0.3) is 6.04 Å². The van der Waals surface area contributed by atoms with Crippen molar-refractivity contribution in [2.24, 2.45) is 5.92 Å². The third-order valence-corrected chi connectivity index (χ3v) is 5.15. The van der Waals surface area contributed by atoms with Gasteiger partial charge in [0, 0.05) is 27.7 Å². The van der Waals surface area contributed by atoms with Crippen molar-refractivity contribution in [1.82, 2.24) is 0 Å². The molecule has 2 fully saturated rings. The van der Waals surface area contributed by atoms with Crippen molar-refractivity contribution in [3.63, 3.8) is 0 Å². The van der Waals surface area contributed by atoms with Crippen LogP contribution >= 0.6 is 0 Å². The molecule has 122 valence electrons. The molecule has 2 bridgehead atoms. The van der Waals surface area contributed by atoms with E-state index in [-0.39, 0.29) is 6.42 Å². The second kappa shape index (κ2) is 5.29. The van der Waals surface area contributed by atoms with Gasteiger partial charge >= 0.3 is 5.54 Å². The first kappa shape index (κ1) is 15.4. The Morgan fingerprint density at radius 3 is 2.57 bits per heavy atom. The van der Waals surface area contributed by atoms with Crippen LogP contribution in [0.2, 0.25) is 0 Å². The van der Waals surface area contributed by atoms with E-state index in [1.165, 1.54) is 7.11 Å². The van der Waals surface area contributed by atoms with Crippen LogP contribution in [0.1, 0.15) is 30.7 Å². The summed E-state index contributed by atoms with van der Waals surface area (Å²) in [6, 6.07) is 5.16. The van der Waals surface area contributed by atoms with Gasteiger partial charge in [0.05, 0.1) is 13.0 Å². The molecule has 3 rings (SSSR count). The molecule has 0 spiro atoms.